The molecule has 2 heterocycles. The van der Waals surface area contributed by atoms with Crippen LogP contribution in [0.1, 0.15) is 43.3 Å². The molecule has 1 aliphatic rings. The zero-order valence-corrected chi connectivity index (χ0v) is 21.9. The van der Waals surface area contributed by atoms with Crippen LogP contribution >= 0.6 is 23.4 Å². The quantitative estimate of drug-likeness (QED) is 0.389. The first-order chi connectivity index (χ1) is 16.1. The third-order valence-electron chi connectivity index (χ3n) is 5.93. The second kappa shape index (κ2) is 9.43. The monoisotopic (exact) mass is 495 g/mol. The van der Waals surface area contributed by atoms with Gasteiger partial charge in [-0.05, 0) is 72.9 Å². The van der Waals surface area contributed by atoms with Crippen LogP contribution in [0.15, 0.2) is 53.4 Å². The first-order valence-electron chi connectivity index (χ1n) is 11.2. The molecule has 1 unspecified atom stereocenters. The van der Waals surface area contributed by atoms with Crippen LogP contribution in [0.2, 0.25) is 5.02 Å². The van der Waals surface area contributed by atoms with Crippen molar-refractivity contribution < 1.29 is 9.53 Å². The number of hydrogen-bond acceptors (Lipinski definition) is 4. The molecule has 1 aliphatic heterocycles. The Morgan fingerprint density at radius 3 is 2.47 bits per heavy atom. The Balaban J connectivity index is 1.57. The van der Waals surface area contributed by atoms with Crippen molar-refractivity contribution in [3.63, 3.8) is 0 Å². The highest BCUT2D eigenvalue weighted by molar-refractivity contribution is 8.05. The third kappa shape index (κ3) is 4.98. The van der Waals surface area contributed by atoms with Crippen molar-refractivity contribution in [1.29, 1.82) is 0 Å². The van der Waals surface area contributed by atoms with Crippen LogP contribution in [0.25, 0.3) is 11.8 Å². The Morgan fingerprint density at radius 1 is 1.12 bits per heavy atom. The summed E-state index contributed by atoms with van der Waals surface area (Å²) in [5.74, 6) is 0.556. The smallest absolute Gasteiger partial charge is 0.260 e. The standard InChI is InChI=1S/C27H30ClN3O2S/c1-16-13-18(17(2)31(16)21-10-7-19(8-11-21)27(3,4)5)14-24-25(32)30-26(34-24)29-22-15-20(28)9-12-23(22)33-6/h7-15,26,29H,1-6H3,(H,30,32)/b24-14-. The predicted molar refractivity (Wildman–Crippen MR) is 143 cm³/mol. The molecule has 5 nitrogen and oxygen atoms in total. The number of carbonyl (C=O) groups excluding carboxylic acids is 1. The number of nitrogens with one attached hydrogen (secondary N) is 2. The molecular formula is C27H30ClN3O2S. The molecule has 1 atom stereocenters. The second-order valence-electron chi connectivity index (χ2n) is 9.43. The van der Waals surface area contributed by atoms with E-state index in [2.05, 4.69) is 80.2 Å². The van der Waals surface area contributed by atoms with Crippen LogP contribution in [-0.4, -0.2) is 23.1 Å². The summed E-state index contributed by atoms with van der Waals surface area (Å²) in [6.07, 6.45) is 1.96. The lowest BCUT2D eigenvalue weighted by atomic mass is 9.87. The molecule has 34 heavy (non-hydrogen) atoms. The van der Waals surface area contributed by atoms with Gasteiger partial charge in [-0.3, -0.25) is 4.79 Å². The van der Waals surface area contributed by atoms with Gasteiger partial charge in [0, 0.05) is 22.1 Å². The SMILES string of the molecule is COc1ccc(Cl)cc1NC1NC(=O)/C(=C/c2cc(C)n(-c3ccc(C(C)(C)C)cc3)c2C)S1. The number of aryl methyl sites for hydroxylation is 1. The number of aromatic nitrogens is 1. The van der Waals surface area contributed by atoms with E-state index >= 15 is 0 Å². The van der Waals surface area contributed by atoms with Crippen LogP contribution in [0.5, 0.6) is 5.75 Å². The van der Waals surface area contributed by atoms with Gasteiger partial charge in [-0.1, -0.05) is 56.3 Å². The van der Waals surface area contributed by atoms with E-state index in [0.717, 1.165) is 28.3 Å². The average molecular weight is 496 g/mol. The summed E-state index contributed by atoms with van der Waals surface area (Å²) in [5, 5.41) is 6.87. The summed E-state index contributed by atoms with van der Waals surface area (Å²) >= 11 is 7.58. The minimum Gasteiger partial charge on any atom is -0.495 e. The van der Waals surface area contributed by atoms with Gasteiger partial charge in [0.05, 0.1) is 17.7 Å². The largest absolute Gasteiger partial charge is 0.495 e. The normalized spacial score (nSPS) is 17.2. The Kier molecular flexibility index (Phi) is 6.74. The Hall–Kier alpha value is -2.83. The zero-order chi connectivity index (χ0) is 24.6. The molecule has 7 heteroatoms. The summed E-state index contributed by atoms with van der Waals surface area (Å²) in [5.41, 5.74) is 6.17. The molecule has 1 aromatic heterocycles. The average Bonchev–Trinajstić information content (AvgIpc) is 3.25. The molecule has 0 saturated carbocycles. The van der Waals surface area contributed by atoms with Crippen molar-refractivity contribution in [2.24, 2.45) is 0 Å². The topological polar surface area (TPSA) is 55.3 Å². The van der Waals surface area contributed by atoms with Crippen molar-refractivity contribution in [2.75, 3.05) is 12.4 Å². The molecule has 2 aromatic carbocycles. The van der Waals surface area contributed by atoms with Crippen LogP contribution in [0, 0.1) is 13.8 Å². The summed E-state index contributed by atoms with van der Waals surface area (Å²) < 4.78 is 7.62. The molecule has 0 bridgehead atoms. The number of carbonyl (C=O) groups is 1. The molecule has 2 N–H and O–H groups in total. The predicted octanol–water partition coefficient (Wildman–Crippen LogP) is 6.65. The van der Waals surface area contributed by atoms with E-state index < -0.39 is 0 Å². The van der Waals surface area contributed by atoms with E-state index in [1.54, 1.807) is 25.3 Å². The number of amides is 1. The van der Waals surface area contributed by atoms with Gasteiger partial charge in [0.2, 0.25) is 0 Å². The van der Waals surface area contributed by atoms with E-state index in [4.69, 9.17) is 16.3 Å². The van der Waals surface area contributed by atoms with Crippen LogP contribution < -0.4 is 15.4 Å². The molecule has 1 saturated heterocycles. The summed E-state index contributed by atoms with van der Waals surface area (Å²) in [7, 11) is 1.60. The van der Waals surface area contributed by atoms with Crippen molar-refractivity contribution in [1.82, 2.24) is 9.88 Å². The van der Waals surface area contributed by atoms with Gasteiger partial charge in [0.15, 0.2) is 5.50 Å². The highest BCUT2D eigenvalue weighted by Crippen LogP contribution is 2.35. The van der Waals surface area contributed by atoms with Gasteiger partial charge in [0.1, 0.15) is 5.75 Å². The zero-order valence-electron chi connectivity index (χ0n) is 20.3. The number of ether oxygens (including phenoxy) is 1. The van der Waals surface area contributed by atoms with Crippen molar-refractivity contribution in [2.45, 2.75) is 45.5 Å². The van der Waals surface area contributed by atoms with Crippen LogP contribution in [0.3, 0.4) is 0 Å². The fourth-order valence-corrected chi connectivity index (χ4v) is 5.22. The summed E-state index contributed by atoms with van der Waals surface area (Å²) in [4.78, 5) is 13.4. The number of rotatable bonds is 5. The van der Waals surface area contributed by atoms with Gasteiger partial charge in [-0.15, -0.1) is 0 Å². The van der Waals surface area contributed by atoms with Crippen molar-refractivity contribution in [3.05, 3.63) is 81.0 Å². The summed E-state index contributed by atoms with van der Waals surface area (Å²) in [6.45, 7) is 10.8. The lowest BCUT2D eigenvalue weighted by Crippen LogP contribution is -2.31. The number of methoxy groups -OCH3 is 1. The molecule has 3 aromatic rings. The maximum atomic E-state index is 12.7. The van der Waals surface area contributed by atoms with Gasteiger partial charge in [-0.25, -0.2) is 0 Å². The van der Waals surface area contributed by atoms with Gasteiger partial charge in [0.25, 0.3) is 5.91 Å². The van der Waals surface area contributed by atoms with Crippen LogP contribution in [-0.2, 0) is 10.2 Å². The van der Waals surface area contributed by atoms with E-state index in [0.29, 0.717) is 15.7 Å². The minimum absolute atomic E-state index is 0.108. The van der Waals surface area contributed by atoms with Gasteiger partial charge in [-0.2, -0.15) is 0 Å². The Bertz CT molecular complexity index is 1260. The number of benzene rings is 2. The number of anilines is 1. The fraction of sp³-hybridized carbons (Fsp3) is 0.296. The molecule has 1 fully saturated rings. The van der Waals surface area contributed by atoms with Crippen LogP contribution in [0.4, 0.5) is 5.69 Å². The van der Waals surface area contributed by atoms with E-state index in [-0.39, 0.29) is 16.8 Å². The maximum Gasteiger partial charge on any atom is 0.260 e. The summed E-state index contributed by atoms with van der Waals surface area (Å²) in [6, 6.07) is 16.2. The number of thioether (sulfide) groups is 1. The van der Waals surface area contributed by atoms with E-state index in [1.807, 2.05) is 6.08 Å². The molecule has 178 valence electrons. The highest BCUT2D eigenvalue weighted by Gasteiger charge is 2.28. The minimum atomic E-state index is -0.320. The molecular weight excluding hydrogens is 466 g/mol. The molecule has 0 aliphatic carbocycles. The number of nitrogens with zero attached hydrogens (tertiary/aromatic N) is 1. The van der Waals surface area contributed by atoms with Gasteiger partial charge >= 0.3 is 0 Å². The third-order valence-corrected chi connectivity index (χ3v) is 7.19. The lowest BCUT2D eigenvalue weighted by Gasteiger charge is -2.20. The first-order valence-corrected chi connectivity index (χ1v) is 12.4. The van der Waals surface area contributed by atoms with E-state index in [9.17, 15) is 4.79 Å². The molecule has 0 radical (unpaired) electrons. The number of halogens is 1. The highest BCUT2D eigenvalue weighted by atomic mass is 35.5. The molecule has 1 amide bonds. The van der Waals surface area contributed by atoms with Gasteiger partial charge < -0.3 is 19.9 Å². The Labute approximate surface area is 210 Å². The van der Waals surface area contributed by atoms with Crippen molar-refractivity contribution in [3.8, 4) is 11.4 Å². The number of hydrogen-bond donors (Lipinski definition) is 2. The lowest BCUT2D eigenvalue weighted by molar-refractivity contribution is -0.116. The molecule has 0 spiro atoms. The maximum absolute atomic E-state index is 12.7. The van der Waals surface area contributed by atoms with E-state index in [1.165, 1.54) is 17.3 Å². The fourth-order valence-electron chi connectivity index (χ4n) is 4.08. The second-order valence-corrected chi connectivity index (χ2v) is 11.0. The Morgan fingerprint density at radius 2 is 1.82 bits per heavy atom. The van der Waals surface area contributed by atoms with Crippen molar-refractivity contribution >= 4 is 41.0 Å². The molecule has 4 rings (SSSR count). The first kappa shape index (κ1) is 24.3.